The zero-order valence-electron chi connectivity index (χ0n) is 27.5. The largest absolute Gasteiger partial charge is 0.463 e. The Bertz CT molecular complexity index is 1670. The van der Waals surface area contributed by atoms with Gasteiger partial charge in [0.25, 0.3) is 0 Å². The third kappa shape index (κ3) is 8.28. The SMILES string of the molecule is C/C=C(C)/C=C/C=C(C)/C=C/C1=C(C)C(=O)C(OC(=O)CCC(=O)OCC2OC(n3cnc4c(N)ncnc43)C(O)C2O)CC1(C)C. The van der Waals surface area contributed by atoms with Gasteiger partial charge in [-0.15, -0.1) is 0 Å². The van der Waals surface area contributed by atoms with Crippen molar-refractivity contribution < 1.29 is 38.8 Å². The molecule has 2 aromatic rings. The Labute approximate surface area is 273 Å². The summed E-state index contributed by atoms with van der Waals surface area (Å²) in [5.74, 6) is -1.56. The maximum absolute atomic E-state index is 13.2. The molecule has 0 bridgehead atoms. The number of allylic oxidation sites excluding steroid dienone is 9. The Morgan fingerprint density at radius 3 is 2.55 bits per heavy atom. The lowest BCUT2D eigenvalue weighted by Crippen LogP contribution is -2.39. The lowest BCUT2D eigenvalue weighted by molar-refractivity contribution is -0.159. The molecule has 3 heterocycles. The van der Waals surface area contributed by atoms with E-state index in [-0.39, 0.29) is 31.0 Å². The molecular weight excluding hydrogens is 606 g/mol. The van der Waals surface area contributed by atoms with Crippen LogP contribution in [0.5, 0.6) is 0 Å². The molecule has 1 aliphatic carbocycles. The first-order valence-electron chi connectivity index (χ1n) is 15.4. The average Bonchev–Trinajstić information content (AvgIpc) is 3.58. The van der Waals surface area contributed by atoms with Crippen molar-refractivity contribution in [2.24, 2.45) is 5.41 Å². The van der Waals surface area contributed by atoms with E-state index in [0.717, 1.165) is 16.7 Å². The number of carbonyl (C=O) groups excluding carboxylic acids is 3. The number of aliphatic hydroxyl groups is 2. The zero-order chi connectivity index (χ0) is 34.5. The lowest BCUT2D eigenvalue weighted by atomic mass is 9.71. The van der Waals surface area contributed by atoms with Gasteiger partial charge in [0, 0.05) is 6.42 Å². The number of hydrogen-bond acceptors (Lipinski definition) is 12. The maximum Gasteiger partial charge on any atom is 0.307 e. The highest BCUT2D eigenvalue weighted by Crippen LogP contribution is 2.41. The predicted octanol–water partition coefficient (Wildman–Crippen LogP) is 3.60. The van der Waals surface area contributed by atoms with Crippen molar-refractivity contribution in [3.8, 4) is 0 Å². The van der Waals surface area contributed by atoms with Crippen LogP contribution in [0.4, 0.5) is 5.82 Å². The summed E-state index contributed by atoms with van der Waals surface area (Å²) < 4.78 is 17.9. The normalized spacial score (nSPS) is 25.4. The Morgan fingerprint density at radius 1 is 1.11 bits per heavy atom. The van der Waals surface area contributed by atoms with Crippen molar-refractivity contribution in [1.82, 2.24) is 19.5 Å². The predicted molar refractivity (Wildman–Crippen MR) is 173 cm³/mol. The number of imidazole rings is 1. The first kappa shape index (κ1) is 35.4. The molecule has 0 amide bonds. The molecule has 13 heteroatoms. The summed E-state index contributed by atoms with van der Waals surface area (Å²) in [6, 6.07) is 0. The van der Waals surface area contributed by atoms with E-state index < -0.39 is 48.0 Å². The molecule has 5 unspecified atom stereocenters. The third-order valence-corrected chi connectivity index (χ3v) is 8.39. The van der Waals surface area contributed by atoms with Gasteiger partial charge in [0.2, 0.25) is 0 Å². The maximum atomic E-state index is 13.2. The van der Waals surface area contributed by atoms with Crippen LogP contribution in [0.2, 0.25) is 0 Å². The minimum atomic E-state index is -1.38. The number of esters is 2. The summed E-state index contributed by atoms with van der Waals surface area (Å²) in [5.41, 5.74) is 9.57. The van der Waals surface area contributed by atoms with E-state index in [0.29, 0.717) is 23.2 Å². The Kier molecular flexibility index (Phi) is 11.3. The Morgan fingerprint density at radius 2 is 1.83 bits per heavy atom. The summed E-state index contributed by atoms with van der Waals surface area (Å²) in [7, 11) is 0. The van der Waals surface area contributed by atoms with Crippen LogP contribution >= 0.6 is 0 Å². The number of fused-ring (bicyclic) bond motifs is 1. The molecule has 0 radical (unpaired) electrons. The minimum absolute atomic E-state index is 0.147. The standard InChI is InChI=1S/C34H43N5O8/c1-7-19(2)9-8-10-20(3)11-12-22-21(4)28(42)23(15-34(22,5)6)46-26(41)14-13-25(40)45-16-24-29(43)30(44)33(47-24)39-18-38-27-31(35)36-17-37-32(27)39/h7-12,17-18,23-24,29-30,33,43-44H,13-16H2,1-6H3,(H2,35,36,37)/b9-8+,12-11+,19-7+,20-10+. The van der Waals surface area contributed by atoms with Crippen LogP contribution < -0.4 is 5.73 Å². The fourth-order valence-corrected chi connectivity index (χ4v) is 5.53. The molecule has 47 heavy (non-hydrogen) atoms. The van der Waals surface area contributed by atoms with Crippen molar-refractivity contribution in [2.75, 3.05) is 12.3 Å². The highest BCUT2D eigenvalue weighted by Gasteiger charge is 2.45. The summed E-state index contributed by atoms with van der Waals surface area (Å²) >= 11 is 0. The summed E-state index contributed by atoms with van der Waals surface area (Å²) in [5, 5.41) is 21.1. The fourth-order valence-electron chi connectivity index (χ4n) is 5.53. The molecule has 1 fully saturated rings. The molecule has 252 valence electrons. The number of nitrogen functional groups attached to an aromatic ring is 1. The second-order valence-electron chi connectivity index (χ2n) is 12.4. The second kappa shape index (κ2) is 15.0. The van der Waals surface area contributed by atoms with Crippen LogP contribution in [0, 0.1) is 5.41 Å². The number of nitrogens with two attached hydrogens (primary N) is 1. The van der Waals surface area contributed by atoms with Gasteiger partial charge in [-0.25, -0.2) is 15.0 Å². The van der Waals surface area contributed by atoms with Gasteiger partial charge < -0.3 is 30.2 Å². The zero-order valence-corrected chi connectivity index (χ0v) is 27.5. The van der Waals surface area contributed by atoms with Crippen LogP contribution in [-0.4, -0.2) is 78.5 Å². The summed E-state index contributed by atoms with van der Waals surface area (Å²) in [4.78, 5) is 50.4. The molecule has 1 aliphatic heterocycles. The second-order valence-corrected chi connectivity index (χ2v) is 12.4. The van der Waals surface area contributed by atoms with E-state index in [4.69, 9.17) is 19.9 Å². The van der Waals surface area contributed by atoms with Gasteiger partial charge in [-0.2, -0.15) is 0 Å². The molecular formula is C34H43N5O8. The number of ether oxygens (including phenoxy) is 3. The first-order valence-corrected chi connectivity index (χ1v) is 15.4. The number of hydrogen-bond donors (Lipinski definition) is 3. The number of nitrogens with zero attached hydrogens (tertiary/aromatic N) is 4. The number of aliphatic hydroxyl groups excluding tert-OH is 2. The molecule has 2 aromatic heterocycles. The summed E-state index contributed by atoms with van der Waals surface area (Å²) in [6.07, 6.45) is 8.36. The minimum Gasteiger partial charge on any atom is -0.463 e. The van der Waals surface area contributed by atoms with E-state index in [9.17, 15) is 24.6 Å². The quantitative estimate of drug-likeness (QED) is 0.237. The van der Waals surface area contributed by atoms with Crippen molar-refractivity contribution >= 4 is 34.7 Å². The van der Waals surface area contributed by atoms with Gasteiger partial charge in [0.05, 0.1) is 19.2 Å². The van der Waals surface area contributed by atoms with Gasteiger partial charge in [-0.3, -0.25) is 19.0 Å². The molecule has 5 atom stereocenters. The Hall–Kier alpha value is -4.46. The number of anilines is 1. The first-order chi connectivity index (χ1) is 22.2. The molecule has 13 nitrogen and oxygen atoms in total. The van der Waals surface area contributed by atoms with Gasteiger partial charge >= 0.3 is 11.9 Å². The van der Waals surface area contributed by atoms with Crippen molar-refractivity contribution in [2.45, 2.75) is 91.4 Å². The number of carbonyl (C=O) groups is 3. The van der Waals surface area contributed by atoms with Crippen LogP contribution in [0.25, 0.3) is 11.2 Å². The topological polar surface area (TPSA) is 189 Å². The monoisotopic (exact) mass is 649 g/mol. The molecule has 0 saturated carbocycles. The summed E-state index contributed by atoms with van der Waals surface area (Å²) in [6.45, 7) is 11.3. The van der Waals surface area contributed by atoms with Crippen LogP contribution in [0.3, 0.4) is 0 Å². The van der Waals surface area contributed by atoms with E-state index >= 15 is 0 Å². The number of aromatic nitrogens is 4. The average molecular weight is 650 g/mol. The van der Waals surface area contributed by atoms with Crippen molar-refractivity contribution in [1.29, 1.82) is 0 Å². The molecule has 0 spiro atoms. The molecule has 2 aliphatic rings. The van der Waals surface area contributed by atoms with Gasteiger partial charge in [-0.05, 0) is 44.3 Å². The van der Waals surface area contributed by atoms with Gasteiger partial charge in [0.15, 0.2) is 29.6 Å². The van der Waals surface area contributed by atoms with E-state index in [1.807, 2.05) is 71.1 Å². The van der Waals surface area contributed by atoms with E-state index in [1.165, 1.54) is 17.2 Å². The third-order valence-electron chi connectivity index (χ3n) is 8.39. The van der Waals surface area contributed by atoms with E-state index in [1.54, 1.807) is 6.92 Å². The Balaban J connectivity index is 1.27. The molecule has 4 rings (SSSR count). The van der Waals surface area contributed by atoms with Crippen LogP contribution in [0.1, 0.15) is 67.0 Å². The fraction of sp³-hybridized carbons (Fsp3) is 0.471. The van der Waals surface area contributed by atoms with Gasteiger partial charge in [-0.1, -0.05) is 61.4 Å². The van der Waals surface area contributed by atoms with Gasteiger partial charge in [0.1, 0.15) is 36.8 Å². The number of Topliss-reactive ketones (excluding diaryl/α,β-unsaturated/α-hetero) is 1. The molecule has 1 saturated heterocycles. The van der Waals surface area contributed by atoms with Crippen molar-refractivity contribution in [3.05, 3.63) is 71.4 Å². The van der Waals surface area contributed by atoms with Crippen LogP contribution in [-0.2, 0) is 28.6 Å². The highest BCUT2D eigenvalue weighted by molar-refractivity contribution is 6.01. The smallest absolute Gasteiger partial charge is 0.307 e. The van der Waals surface area contributed by atoms with Crippen molar-refractivity contribution in [3.63, 3.8) is 0 Å². The van der Waals surface area contributed by atoms with Crippen LogP contribution in [0.15, 0.2) is 71.4 Å². The number of rotatable bonds is 11. The molecule has 0 aromatic carbocycles. The highest BCUT2D eigenvalue weighted by atomic mass is 16.6. The van der Waals surface area contributed by atoms with E-state index in [2.05, 4.69) is 15.0 Å². The number of ketones is 1. The molecule has 4 N–H and O–H groups in total. The lowest BCUT2D eigenvalue weighted by Gasteiger charge is -2.36.